The number of non-ortho nitro benzene ring substituents is 1. The molecule has 348 valence electrons. The van der Waals surface area contributed by atoms with Gasteiger partial charge in [0.25, 0.3) is 16.5 Å². The Bertz CT molecular complexity index is 2510. The van der Waals surface area contributed by atoms with E-state index in [0.717, 1.165) is 61.1 Å². The zero-order chi connectivity index (χ0) is 47.0. The Hall–Kier alpha value is -6.13. The number of nitro benzene ring substituents is 1. The topological polar surface area (TPSA) is 272 Å². The molecule has 1 saturated heterocycles. The quantitative estimate of drug-likeness (QED) is 0.0638. The Morgan fingerprint density at radius 1 is 0.859 bits per heavy atom. The average molecular weight is 908 g/mol. The zero-order valence-corrected chi connectivity index (χ0v) is 38.6. The third-order valence-electron chi connectivity index (χ3n) is 9.83. The molecule has 1 aliphatic carbocycles. The average Bonchev–Trinajstić information content (AvgIpc) is 3.91. The van der Waals surface area contributed by atoms with E-state index < -0.39 is 14.8 Å². The highest BCUT2D eigenvalue weighted by atomic mass is 32.2. The fraction of sp³-hybridized carbons (Fsp3) is 0.524. The normalized spacial score (nSPS) is 14.0. The van der Waals surface area contributed by atoms with Crippen molar-refractivity contribution >= 4 is 44.7 Å². The number of allylic oxidation sites excluding steroid dienone is 2. The van der Waals surface area contributed by atoms with Gasteiger partial charge in [-0.1, -0.05) is 66.5 Å². The minimum atomic E-state index is -3.63. The van der Waals surface area contributed by atoms with Gasteiger partial charge in [0.05, 0.1) is 22.2 Å². The number of unbranched alkanes of at least 4 members (excludes halogenated alkanes) is 1. The Morgan fingerprint density at radius 3 is 1.98 bits per heavy atom. The van der Waals surface area contributed by atoms with Crippen LogP contribution in [0.25, 0.3) is 11.3 Å². The smallest absolute Gasteiger partial charge is 0.269 e. The van der Waals surface area contributed by atoms with Crippen LogP contribution in [0.1, 0.15) is 116 Å². The number of nitro groups is 2. The van der Waals surface area contributed by atoms with Crippen LogP contribution in [0.2, 0.25) is 0 Å². The Balaban J connectivity index is 0.000000246. The summed E-state index contributed by atoms with van der Waals surface area (Å²) in [6.07, 6.45) is 13.7. The first kappa shape index (κ1) is 50.5. The van der Waals surface area contributed by atoms with Crippen LogP contribution in [-0.4, -0.2) is 101 Å². The van der Waals surface area contributed by atoms with E-state index in [1.165, 1.54) is 29.5 Å². The summed E-state index contributed by atoms with van der Waals surface area (Å²) in [6, 6.07) is 6.41. The molecule has 1 fully saturated rings. The summed E-state index contributed by atoms with van der Waals surface area (Å²) in [4.78, 5) is 38.8. The number of sulfone groups is 1. The molecule has 0 spiro atoms. The van der Waals surface area contributed by atoms with Crippen LogP contribution < -0.4 is 16.0 Å². The number of aliphatic hydroxyl groups excluding tert-OH is 1. The summed E-state index contributed by atoms with van der Waals surface area (Å²) in [5.41, 5.74) is 4.74. The second kappa shape index (κ2) is 24.1. The molecule has 0 saturated carbocycles. The van der Waals surface area contributed by atoms with Crippen LogP contribution in [0.4, 0.5) is 23.5 Å². The number of nitrogens with zero attached hydrogens (tertiary/aromatic N) is 10. The first-order valence-corrected chi connectivity index (χ1v) is 23.3. The lowest BCUT2D eigenvalue weighted by Crippen LogP contribution is -2.29. The molecular weight excluding hydrogens is 847 g/mol. The van der Waals surface area contributed by atoms with Crippen LogP contribution in [0.15, 0.2) is 65.2 Å². The number of benzene rings is 1. The molecule has 0 unspecified atom stereocenters. The molecule has 1 aliphatic heterocycles. The lowest BCUT2D eigenvalue weighted by Gasteiger charge is -2.23. The van der Waals surface area contributed by atoms with Gasteiger partial charge in [0.15, 0.2) is 11.3 Å². The third kappa shape index (κ3) is 14.2. The van der Waals surface area contributed by atoms with Crippen molar-refractivity contribution in [1.82, 2.24) is 39.2 Å². The standard InChI is InChI=1S/C20H27N7O3.C16H18N6O4S.C4H10.C2H6O/c1-13(2)17-12-22-26-18(17)24-19(23-15-6-8-30-9-7-15)25-20(26)21-11-14-4-3-5-16(10-14)27(28)29;1-10(2)13-9-18-21-14(13)19-16(27(3,25)26)20-15(21)17-8-11-5-4-6-12(7-11)22(23)24;1-3-4-2;1-2-3/h5,10,12-13,15H,3-4,6-9,11H2,1-2H3,(H2,21,23,24,25);4-7,9-10H,8H2,1-3H3,(H,17,19,20);3-4H2,1-2H3;3H,2H2,1H3. The Kier molecular flexibility index (Phi) is 19.0. The summed E-state index contributed by atoms with van der Waals surface area (Å²) in [5, 5.41) is 47.7. The van der Waals surface area contributed by atoms with Crippen LogP contribution in [0.5, 0.6) is 0 Å². The molecule has 5 aromatic rings. The highest BCUT2D eigenvalue weighted by Gasteiger charge is 2.22. The van der Waals surface area contributed by atoms with E-state index in [1.54, 1.807) is 41.9 Å². The van der Waals surface area contributed by atoms with Crippen LogP contribution in [-0.2, 0) is 21.1 Å². The van der Waals surface area contributed by atoms with Crippen molar-refractivity contribution in [3.63, 3.8) is 0 Å². The predicted molar refractivity (Wildman–Crippen MR) is 245 cm³/mol. The third-order valence-corrected chi connectivity index (χ3v) is 10.7. The number of hydrogen-bond donors (Lipinski definition) is 4. The monoisotopic (exact) mass is 907 g/mol. The molecule has 0 atom stereocenters. The van der Waals surface area contributed by atoms with Crippen molar-refractivity contribution in [2.45, 2.75) is 117 Å². The minimum Gasteiger partial charge on any atom is -0.397 e. The van der Waals surface area contributed by atoms with Crippen molar-refractivity contribution in [1.29, 1.82) is 0 Å². The van der Waals surface area contributed by atoms with Gasteiger partial charge in [-0.15, -0.1) is 0 Å². The van der Waals surface area contributed by atoms with Gasteiger partial charge < -0.3 is 25.8 Å². The van der Waals surface area contributed by atoms with Crippen molar-refractivity contribution in [3.8, 4) is 0 Å². The maximum atomic E-state index is 12.0. The minimum absolute atomic E-state index is 0.0276. The first-order chi connectivity index (χ1) is 30.5. The van der Waals surface area contributed by atoms with Gasteiger partial charge in [-0.2, -0.15) is 39.2 Å². The predicted octanol–water partition coefficient (Wildman–Crippen LogP) is 7.11. The Labute approximate surface area is 373 Å². The van der Waals surface area contributed by atoms with E-state index in [-0.39, 0.29) is 58.4 Å². The maximum Gasteiger partial charge on any atom is 0.269 e. The molecule has 4 aromatic heterocycles. The van der Waals surface area contributed by atoms with E-state index in [9.17, 15) is 28.6 Å². The van der Waals surface area contributed by atoms with Gasteiger partial charge in [-0.3, -0.25) is 20.2 Å². The van der Waals surface area contributed by atoms with Gasteiger partial charge >= 0.3 is 0 Å². The van der Waals surface area contributed by atoms with E-state index in [2.05, 4.69) is 68.8 Å². The summed E-state index contributed by atoms with van der Waals surface area (Å²) in [6.45, 7) is 16.5. The Morgan fingerprint density at radius 2 is 1.44 bits per heavy atom. The van der Waals surface area contributed by atoms with E-state index in [4.69, 9.17) is 14.8 Å². The number of aromatic nitrogens is 8. The number of fused-ring (bicyclic) bond motifs is 2. The van der Waals surface area contributed by atoms with Gasteiger partial charge in [0.1, 0.15) is 0 Å². The molecule has 0 radical (unpaired) electrons. The SMILES string of the molecule is CC(C)c1cnn2c(NCC3=CC([N+](=O)[O-])=CCC3)nc(NC3CCOCC3)nc12.CC(C)c1cnn2c(NCc3cccc([N+](=O)[O-])c3)nc(S(C)(=O)=O)nc12.CCCC.CCO. The number of nitrogens with one attached hydrogen (secondary N) is 3. The van der Waals surface area contributed by atoms with Crippen molar-refractivity contribution in [2.75, 3.05) is 48.6 Å². The fourth-order valence-electron chi connectivity index (χ4n) is 6.23. The molecule has 64 heavy (non-hydrogen) atoms. The van der Waals surface area contributed by atoms with Crippen molar-refractivity contribution in [3.05, 3.63) is 97.0 Å². The number of ether oxygens (including phenoxy) is 1. The van der Waals surface area contributed by atoms with E-state index in [0.29, 0.717) is 36.1 Å². The lowest BCUT2D eigenvalue weighted by molar-refractivity contribution is -0.419. The van der Waals surface area contributed by atoms with E-state index in [1.807, 2.05) is 20.0 Å². The lowest BCUT2D eigenvalue weighted by atomic mass is 10.0. The molecule has 4 N–H and O–H groups in total. The number of aliphatic hydroxyl groups is 1. The van der Waals surface area contributed by atoms with Gasteiger partial charge in [0.2, 0.25) is 27.7 Å². The highest BCUT2D eigenvalue weighted by Crippen LogP contribution is 2.25. The second-order valence-corrected chi connectivity index (χ2v) is 17.6. The largest absolute Gasteiger partial charge is 0.397 e. The summed E-state index contributed by atoms with van der Waals surface area (Å²) >= 11 is 0. The van der Waals surface area contributed by atoms with Crippen molar-refractivity contribution < 1.29 is 28.1 Å². The molecule has 0 bridgehead atoms. The van der Waals surface area contributed by atoms with Gasteiger partial charge in [0, 0.05) is 74.5 Å². The zero-order valence-electron chi connectivity index (χ0n) is 37.8. The first-order valence-electron chi connectivity index (χ1n) is 21.4. The summed E-state index contributed by atoms with van der Waals surface area (Å²) in [7, 11) is -3.63. The summed E-state index contributed by atoms with van der Waals surface area (Å²) < 4.78 is 32.5. The molecule has 1 aromatic carbocycles. The molecule has 22 heteroatoms. The molecular formula is C42H61N13O8S. The van der Waals surface area contributed by atoms with E-state index >= 15 is 0 Å². The summed E-state index contributed by atoms with van der Waals surface area (Å²) in [5.74, 6) is 1.69. The van der Waals surface area contributed by atoms with Crippen LogP contribution in [0, 0.1) is 20.2 Å². The molecule has 7 rings (SSSR count). The second-order valence-electron chi connectivity index (χ2n) is 15.7. The molecule has 5 heterocycles. The van der Waals surface area contributed by atoms with Gasteiger partial charge in [-0.05, 0) is 61.7 Å². The van der Waals surface area contributed by atoms with Gasteiger partial charge in [-0.25, -0.2) is 8.42 Å². The number of hydrogen-bond acceptors (Lipinski definition) is 17. The number of anilines is 3. The molecule has 0 amide bonds. The molecule has 21 nitrogen and oxygen atoms in total. The molecule has 2 aliphatic rings. The fourth-order valence-corrected chi connectivity index (χ4v) is 6.74. The maximum absolute atomic E-state index is 12.0. The highest BCUT2D eigenvalue weighted by molar-refractivity contribution is 7.90. The number of rotatable bonds is 14. The van der Waals surface area contributed by atoms with Crippen molar-refractivity contribution in [2.24, 2.45) is 0 Å². The van der Waals surface area contributed by atoms with Crippen LogP contribution >= 0.6 is 0 Å². The van der Waals surface area contributed by atoms with Crippen LogP contribution in [0.3, 0.4) is 0 Å².